The summed E-state index contributed by atoms with van der Waals surface area (Å²) in [5.41, 5.74) is 2.35. The molecule has 0 spiro atoms. The Morgan fingerprint density at radius 1 is 1.36 bits per heavy atom. The van der Waals surface area contributed by atoms with Gasteiger partial charge in [-0.2, -0.15) is 0 Å². The molecule has 78 valence electrons. The molecule has 0 aromatic heterocycles. The maximum Gasteiger partial charge on any atom is 0.126 e. The molecule has 0 heterocycles. The minimum Gasteiger partial charge on any atom is -0.490 e. The van der Waals surface area contributed by atoms with Gasteiger partial charge in [0.05, 0.1) is 6.10 Å². The van der Waals surface area contributed by atoms with Crippen LogP contribution in [0.2, 0.25) is 0 Å². The molecule has 3 heteroatoms. The van der Waals surface area contributed by atoms with Gasteiger partial charge in [-0.15, -0.1) is 0 Å². The average Bonchev–Trinajstić information content (AvgIpc) is 2.08. The molecule has 14 heavy (non-hydrogen) atoms. The molecule has 0 N–H and O–H groups in total. The number of hydrogen-bond acceptors (Lipinski definition) is 1. The van der Waals surface area contributed by atoms with Gasteiger partial charge in [-0.05, 0) is 38.5 Å². The molecule has 1 aromatic rings. The predicted molar refractivity (Wildman–Crippen MR) is 67.3 cm³/mol. The van der Waals surface area contributed by atoms with Gasteiger partial charge in [0.25, 0.3) is 0 Å². The summed E-state index contributed by atoms with van der Waals surface area (Å²) in [6.07, 6.45) is 0.215. The van der Waals surface area contributed by atoms with E-state index in [0.717, 1.165) is 15.6 Å². The van der Waals surface area contributed by atoms with E-state index in [1.54, 1.807) is 0 Å². The van der Waals surface area contributed by atoms with Gasteiger partial charge < -0.3 is 4.74 Å². The van der Waals surface area contributed by atoms with Crippen molar-refractivity contribution in [3.05, 3.63) is 27.7 Å². The zero-order valence-corrected chi connectivity index (χ0v) is 11.8. The normalized spacial score (nSPS) is 10.7. The van der Waals surface area contributed by atoms with Crippen molar-refractivity contribution in [1.82, 2.24) is 0 Å². The van der Waals surface area contributed by atoms with Crippen molar-refractivity contribution in [2.75, 3.05) is 0 Å². The van der Waals surface area contributed by atoms with Crippen molar-refractivity contribution in [1.29, 1.82) is 0 Å². The summed E-state index contributed by atoms with van der Waals surface area (Å²) in [5.74, 6) is 1.00. The number of alkyl halides is 1. The van der Waals surface area contributed by atoms with Crippen molar-refractivity contribution in [2.24, 2.45) is 0 Å². The standard InChI is InChI=1S/C11H14Br2O/c1-7(2)14-11-8(3)4-10(13)5-9(11)6-12/h4-5,7H,6H2,1-3H3. The summed E-state index contributed by atoms with van der Waals surface area (Å²) in [5, 5.41) is 0.815. The van der Waals surface area contributed by atoms with Crippen molar-refractivity contribution >= 4 is 31.9 Å². The Labute approximate surface area is 102 Å². The lowest BCUT2D eigenvalue weighted by atomic mass is 10.1. The molecule has 0 aliphatic rings. The van der Waals surface area contributed by atoms with E-state index in [0.29, 0.717) is 0 Å². The third kappa shape index (κ3) is 2.99. The smallest absolute Gasteiger partial charge is 0.126 e. The Balaban J connectivity index is 3.11. The first-order valence-corrected chi connectivity index (χ1v) is 6.47. The van der Waals surface area contributed by atoms with Gasteiger partial charge in [-0.25, -0.2) is 0 Å². The lowest BCUT2D eigenvalue weighted by Gasteiger charge is -2.16. The summed E-state index contributed by atoms with van der Waals surface area (Å²) in [7, 11) is 0. The molecule has 1 aromatic carbocycles. The third-order valence-electron chi connectivity index (χ3n) is 1.81. The zero-order valence-electron chi connectivity index (χ0n) is 8.60. The Bertz CT molecular complexity index is 321. The number of rotatable bonds is 3. The molecule has 0 unspecified atom stereocenters. The summed E-state index contributed by atoms with van der Waals surface area (Å²) < 4.78 is 6.87. The highest BCUT2D eigenvalue weighted by Crippen LogP contribution is 2.30. The van der Waals surface area contributed by atoms with E-state index in [4.69, 9.17) is 4.74 Å². The fourth-order valence-corrected chi connectivity index (χ4v) is 2.34. The molecule has 0 bridgehead atoms. The summed E-state index contributed by atoms with van der Waals surface area (Å²) in [6, 6.07) is 4.16. The van der Waals surface area contributed by atoms with Crippen LogP contribution in [0.3, 0.4) is 0 Å². The van der Waals surface area contributed by atoms with Crippen molar-refractivity contribution < 1.29 is 4.74 Å². The van der Waals surface area contributed by atoms with Crippen LogP contribution in [0, 0.1) is 6.92 Å². The third-order valence-corrected chi connectivity index (χ3v) is 2.88. The summed E-state index contributed by atoms with van der Waals surface area (Å²) >= 11 is 6.94. The van der Waals surface area contributed by atoms with Crippen LogP contribution in [0.25, 0.3) is 0 Å². The highest BCUT2D eigenvalue weighted by Gasteiger charge is 2.09. The second kappa shape index (κ2) is 5.17. The maximum absolute atomic E-state index is 5.77. The topological polar surface area (TPSA) is 9.23 Å². The lowest BCUT2D eigenvalue weighted by molar-refractivity contribution is 0.239. The van der Waals surface area contributed by atoms with E-state index < -0.39 is 0 Å². The van der Waals surface area contributed by atoms with Crippen molar-refractivity contribution in [3.8, 4) is 5.75 Å². The van der Waals surface area contributed by atoms with Gasteiger partial charge >= 0.3 is 0 Å². The average molecular weight is 322 g/mol. The molecule has 0 aliphatic carbocycles. The first-order valence-electron chi connectivity index (χ1n) is 4.56. The van der Waals surface area contributed by atoms with Crippen LogP contribution in [0.5, 0.6) is 5.75 Å². The van der Waals surface area contributed by atoms with E-state index in [1.807, 2.05) is 13.8 Å². The molecule has 0 saturated carbocycles. The minimum atomic E-state index is 0.215. The molecule has 0 aliphatic heterocycles. The van der Waals surface area contributed by atoms with Gasteiger partial charge in [-0.3, -0.25) is 0 Å². The monoisotopic (exact) mass is 320 g/mol. The van der Waals surface area contributed by atoms with Gasteiger partial charge in [0.1, 0.15) is 5.75 Å². The van der Waals surface area contributed by atoms with Crippen molar-refractivity contribution in [2.45, 2.75) is 32.2 Å². The first kappa shape index (κ1) is 12.1. The molecular formula is C11H14Br2O. The SMILES string of the molecule is Cc1cc(Br)cc(CBr)c1OC(C)C. The van der Waals surface area contributed by atoms with Crippen LogP contribution < -0.4 is 4.74 Å². The van der Waals surface area contributed by atoms with Crippen LogP contribution in [-0.2, 0) is 5.33 Å². The Morgan fingerprint density at radius 2 is 2.00 bits per heavy atom. The number of halogens is 2. The molecule has 0 atom stereocenters. The van der Waals surface area contributed by atoms with Crippen LogP contribution in [0.15, 0.2) is 16.6 Å². The fraction of sp³-hybridized carbons (Fsp3) is 0.455. The Hall–Kier alpha value is -0.0200. The number of benzene rings is 1. The largest absolute Gasteiger partial charge is 0.490 e. The van der Waals surface area contributed by atoms with E-state index in [9.17, 15) is 0 Å². The second-order valence-corrected chi connectivity index (χ2v) is 4.99. The molecule has 1 rings (SSSR count). The quantitative estimate of drug-likeness (QED) is 0.748. The van der Waals surface area contributed by atoms with Crippen LogP contribution >= 0.6 is 31.9 Å². The first-order chi connectivity index (χ1) is 6.54. The molecule has 0 radical (unpaired) electrons. The van der Waals surface area contributed by atoms with Gasteiger partial charge in [-0.1, -0.05) is 31.9 Å². The number of hydrogen-bond donors (Lipinski definition) is 0. The van der Waals surface area contributed by atoms with Crippen molar-refractivity contribution in [3.63, 3.8) is 0 Å². The minimum absolute atomic E-state index is 0.215. The van der Waals surface area contributed by atoms with E-state index >= 15 is 0 Å². The highest BCUT2D eigenvalue weighted by molar-refractivity contribution is 9.10. The molecule has 0 fully saturated rings. The number of ether oxygens (including phenoxy) is 1. The van der Waals surface area contributed by atoms with Crippen LogP contribution in [-0.4, -0.2) is 6.10 Å². The number of aryl methyl sites for hydroxylation is 1. The van der Waals surface area contributed by atoms with E-state index in [1.165, 1.54) is 11.1 Å². The second-order valence-electron chi connectivity index (χ2n) is 3.51. The Kier molecular flexibility index (Phi) is 4.45. The van der Waals surface area contributed by atoms with E-state index in [-0.39, 0.29) is 6.10 Å². The van der Waals surface area contributed by atoms with E-state index in [2.05, 4.69) is 50.9 Å². The summed E-state index contributed by atoms with van der Waals surface area (Å²) in [4.78, 5) is 0. The molecular weight excluding hydrogens is 308 g/mol. The lowest BCUT2D eigenvalue weighted by Crippen LogP contribution is -2.08. The van der Waals surface area contributed by atoms with Crippen LogP contribution in [0.1, 0.15) is 25.0 Å². The van der Waals surface area contributed by atoms with Gasteiger partial charge in [0, 0.05) is 15.4 Å². The maximum atomic E-state index is 5.77. The predicted octanol–water partition coefficient (Wildman–Crippen LogP) is 4.44. The molecule has 0 saturated heterocycles. The van der Waals surface area contributed by atoms with Crippen LogP contribution in [0.4, 0.5) is 0 Å². The van der Waals surface area contributed by atoms with Gasteiger partial charge in [0.15, 0.2) is 0 Å². The zero-order chi connectivity index (χ0) is 10.7. The fourth-order valence-electron chi connectivity index (χ4n) is 1.30. The summed E-state index contributed by atoms with van der Waals surface area (Å²) in [6.45, 7) is 6.15. The van der Waals surface area contributed by atoms with Gasteiger partial charge in [0.2, 0.25) is 0 Å². The Morgan fingerprint density at radius 3 is 2.50 bits per heavy atom. The highest BCUT2D eigenvalue weighted by atomic mass is 79.9. The molecule has 0 amide bonds. The molecule has 1 nitrogen and oxygen atoms in total.